The van der Waals surface area contributed by atoms with Gasteiger partial charge in [-0.1, -0.05) is 46.3 Å². The lowest BCUT2D eigenvalue weighted by Gasteiger charge is -2.15. The molecule has 1 fully saturated rings. The molecule has 2 nitrogen and oxygen atoms in total. The van der Waals surface area contributed by atoms with Crippen molar-refractivity contribution in [2.45, 2.75) is 6.42 Å². The first-order chi connectivity index (χ1) is 9.83. The van der Waals surface area contributed by atoms with E-state index in [9.17, 15) is 0 Å². The second kappa shape index (κ2) is 6.42. The third-order valence-corrected chi connectivity index (χ3v) is 4.16. The summed E-state index contributed by atoms with van der Waals surface area (Å²) in [5, 5.41) is 3.38. The molecule has 20 heavy (non-hydrogen) atoms. The molecule has 2 aromatic carbocycles. The zero-order valence-corrected chi connectivity index (χ0v) is 12.9. The number of hydrogen-bond donors (Lipinski definition) is 1. The van der Waals surface area contributed by atoms with Crippen molar-refractivity contribution in [2.24, 2.45) is 5.92 Å². The predicted octanol–water partition coefficient (Wildman–Crippen LogP) is 4.10. The molecule has 1 aliphatic rings. The van der Waals surface area contributed by atoms with Crippen LogP contribution in [-0.4, -0.2) is 19.7 Å². The summed E-state index contributed by atoms with van der Waals surface area (Å²) in [5.41, 5.74) is 2.33. The first-order valence-corrected chi connectivity index (χ1v) is 7.81. The SMILES string of the molecule is Brc1ccc(OC[C@@H]2CCNC2)c(-c2ccccc2)c1. The molecule has 104 valence electrons. The van der Waals surface area contributed by atoms with Gasteiger partial charge in [-0.15, -0.1) is 0 Å². The summed E-state index contributed by atoms with van der Waals surface area (Å²) in [6, 6.07) is 16.6. The summed E-state index contributed by atoms with van der Waals surface area (Å²) < 4.78 is 7.14. The Balaban J connectivity index is 1.82. The monoisotopic (exact) mass is 331 g/mol. The predicted molar refractivity (Wildman–Crippen MR) is 86.0 cm³/mol. The van der Waals surface area contributed by atoms with E-state index in [1.807, 2.05) is 12.1 Å². The van der Waals surface area contributed by atoms with Crippen molar-refractivity contribution >= 4 is 15.9 Å². The van der Waals surface area contributed by atoms with Crippen LogP contribution in [-0.2, 0) is 0 Å². The van der Waals surface area contributed by atoms with Gasteiger partial charge < -0.3 is 10.1 Å². The van der Waals surface area contributed by atoms with E-state index in [1.165, 1.54) is 12.0 Å². The van der Waals surface area contributed by atoms with Crippen molar-refractivity contribution < 1.29 is 4.74 Å². The number of hydrogen-bond acceptors (Lipinski definition) is 2. The Labute approximate surface area is 128 Å². The zero-order chi connectivity index (χ0) is 13.8. The van der Waals surface area contributed by atoms with Crippen LogP contribution < -0.4 is 10.1 Å². The molecule has 0 bridgehead atoms. The van der Waals surface area contributed by atoms with Crippen molar-refractivity contribution in [1.29, 1.82) is 0 Å². The molecule has 3 rings (SSSR count). The number of nitrogens with one attached hydrogen (secondary N) is 1. The molecular weight excluding hydrogens is 314 g/mol. The van der Waals surface area contributed by atoms with Crippen LogP contribution in [0, 0.1) is 5.92 Å². The van der Waals surface area contributed by atoms with Crippen molar-refractivity contribution in [2.75, 3.05) is 19.7 Å². The van der Waals surface area contributed by atoms with Crippen molar-refractivity contribution in [3.8, 4) is 16.9 Å². The Morgan fingerprint density at radius 2 is 2.00 bits per heavy atom. The number of halogens is 1. The summed E-state index contributed by atoms with van der Waals surface area (Å²) in [4.78, 5) is 0. The molecule has 0 saturated carbocycles. The summed E-state index contributed by atoms with van der Waals surface area (Å²) in [7, 11) is 0. The van der Waals surface area contributed by atoms with Crippen LogP contribution in [0.15, 0.2) is 53.0 Å². The minimum absolute atomic E-state index is 0.627. The maximum absolute atomic E-state index is 6.07. The second-order valence-electron chi connectivity index (χ2n) is 5.18. The topological polar surface area (TPSA) is 21.3 Å². The van der Waals surface area contributed by atoms with Gasteiger partial charge in [0.15, 0.2) is 0 Å². The van der Waals surface area contributed by atoms with Gasteiger partial charge >= 0.3 is 0 Å². The van der Waals surface area contributed by atoms with E-state index >= 15 is 0 Å². The van der Waals surface area contributed by atoms with E-state index in [0.717, 1.165) is 35.5 Å². The normalized spacial score (nSPS) is 18.1. The highest BCUT2D eigenvalue weighted by Crippen LogP contribution is 2.33. The van der Waals surface area contributed by atoms with E-state index in [0.29, 0.717) is 5.92 Å². The van der Waals surface area contributed by atoms with Crippen LogP contribution in [0.3, 0.4) is 0 Å². The fourth-order valence-electron chi connectivity index (χ4n) is 2.54. The van der Waals surface area contributed by atoms with Gasteiger partial charge in [-0.3, -0.25) is 0 Å². The van der Waals surface area contributed by atoms with Crippen molar-refractivity contribution in [3.05, 3.63) is 53.0 Å². The summed E-state index contributed by atoms with van der Waals surface area (Å²) in [6.07, 6.45) is 1.21. The van der Waals surface area contributed by atoms with Gasteiger partial charge in [0.2, 0.25) is 0 Å². The molecule has 1 heterocycles. The first-order valence-electron chi connectivity index (χ1n) is 7.01. The molecule has 0 radical (unpaired) electrons. The molecule has 0 aliphatic carbocycles. The molecule has 0 amide bonds. The van der Waals surface area contributed by atoms with Crippen LogP contribution in [0.25, 0.3) is 11.1 Å². The standard InChI is InChI=1S/C17H18BrNO/c18-15-6-7-17(20-12-13-8-9-19-11-13)16(10-15)14-4-2-1-3-5-14/h1-7,10,13,19H,8-9,11-12H2/t13-/m1/s1. The average Bonchev–Trinajstić information content (AvgIpc) is 3.00. The maximum atomic E-state index is 6.07. The lowest BCUT2D eigenvalue weighted by molar-refractivity contribution is 0.261. The molecule has 2 aromatic rings. The van der Waals surface area contributed by atoms with E-state index in [1.54, 1.807) is 0 Å². The van der Waals surface area contributed by atoms with Crippen LogP contribution in [0.2, 0.25) is 0 Å². The molecule has 1 aliphatic heterocycles. The molecule has 3 heteroatoms. The van der Waals surface area contributed by atoms with E-state index in [4.69, 9.17) is 4.74 Å². The van der Waals surface area contributed by atoms with Crippen LogP contribution in [0.5, 0.6) is 5.75 Å². The van der Waals surface area contributed by atoms with E-state index in [2.05, 4.69) is 57.6 Å². The fourth-order valence-corrected chi connectivity index (χ4v) is 2.90. The van der Waals surface area contributed by atoms with E-state index in [-0.39, 0.29) is 0 Å². The minimum Gasteiger partial charge on any atom is -0.493 e. The second-order valence-corrected chi connectivity index (χ2v) is 6.09. The van der Waals surface area contributed by atoms with Crippen LogP contribution in [0.1, 0.15) is 6.42 Å². The van der Waals surface area contributed by atoms with Gasteiger partial charge in [-0.05, 0) is 36.7 Å². The Kier molecular flexibility index (Phi) is 4.38. The third-order valence-electron chi connectivity index (χ3n) is 3.66. The number of ether oxygens (including phenoxy) is 1. The lowest BCUT2D eigenvalue weighted by Crippen LogP contribution is -2.15. The maximum Gasteiger partial charge on any atom is 0.127 e. The van der Waals surface area contributed by atoms with Gasteiger partial charge in [0.1, 0.15) is 5.75 Å². The summed E-state index contributed by atoms with van der Waals surface area (Å²) in [6.45, 7) is 2.96. The molecule has 1 atom stereocenters. The molecule has 1 saturated heterocycles. The highest BCUT2D eigenvalue weighted by molar-refractivity contribution is 9.10. The number of benzene rings is 2. The highest BCUT2D eigenvalue weighted by atomic mass is 79.9. The average molecular weight is 332 g/mol. The first kappa shape index (κ1) is 13.7. The van der Waals surface area contributed by atoms with Gasteiger partial charge in [0.25, 0.3) is 0 Å². The summed E-state index contributed by atoms with van der Waals surface area (Å²) >= 11 is 3.55. The lowest BCUT2D eigenvalue weighted by atomic mass is 10.0. The van der Waals surface area contributed by atoms with Crippen molar-refractivity contribution in [1.82, 2.24) is 5.32 Å². The largest absolute Gasteiger partial charge is 0.493 e. The van der Waals surface area contributed by atoms with Gasteiger partial charge in [0.05, 0.1) is 6.61 Å². The van der Waals surface area contributed by atoms with Crippen LogP contribution >= 0.6 is 15.9 Å². The molecule has 0 unspecified atom stereocenters. The van der Waals surface area contributed by atoms with Crippen LogP contribution in [0.4, 0.5) is 0 Å². The van der Waals surface area contributed by atoms with Gasteiger partial charge in [-0.2, -0.15) is 0 Å². The fraction of sp³-hybridized carbons (Fsp3) is 0.294. The highest BCUT2D eigenvalue weighted by Gasteiger charge is 2.16. The molecular formula is C17H18BrNO. The smallest absolute Gasteiger partial charge is 0.127 e. The molecule has 0 spiro atoms. The van der Waals surface area contributed by atoms with E-state index < -0.39 is 0 Å². The van der Waals surface area contributed by atoms with Crippen molar-refractivity contribution in [3.63, 3.8) is 0 Å². The zero-order valence-electron chi connectivity index (χ0n) is 11.3. The quantitative estimate of drug-likeness (QED) is 0.910. The minimum atomic E-state index is 0.627. The molecule has 0 aromatic heterocycles. The summed E-state index contributed by atoms with van der Waals surface area (Å²) in [5.74, 6) is 1.59. The Bertz CT molecular complexity index is 564. The van der Waals surface area contributed by atoms with Gasteiger partial charge in [0, 0.05) is 22.5 Å². The third kappa shape index (κ3) is 3.22. The molecule has 1 N–H and O–H groups in total. The Morgan fingerprint density at radius 3 is 2.75 bits per heavy atom. The van der Waals surface area contributed by atoms with Gasteiger partial charge in [-0.25, -0.2) is 0 Å². The number of rotatable bonds is 4. The Hall–Kier alpha value is -1.32. The Morgan fingerprint density at radius 1 is 1.15 bits per heavy atom.